The lowest BCUT2D eigenvalue weighted by Gasteiger charge is -2.52. The van der Waals surface area contributed by atoms with Gasteiger partial charge >= 0.3 is 12.1 Å². The van der Waals surface area contributed by atoms with Gasteiger partial charge in [-0.3, -0.25) is 4.79 Å². The Morgan fingerprint density at radius 1 is 1.26 bits per heavy atom. The quantitative estimate of drug-likeness (QED) is 0.739. The average Bonchev–Trinajstić information content (AvgIpc) is 2.55. The van der Waals surface area contributed by atoms with E-state index in [1.165, 1.54) is 19.2 Å². The van der Waals surface area contributed by atoms with Crippen LogP contribution in [0.4, 0.5) is 13.2 Å². The molecule has 0 aromatic heterocycles. The van der Waals surface area contributed by atoms with Gasteiger partial charge in [0.25, 0.3) is 5.78 Å². The maximum absolute atomic E-state index is 13.0. The molecule has 2 aliphatic carbocycles. The molecule has 5 nitrogen and oxygen atoms in total. The summed E-state index contributed by atoms with van der Waals surface area (Å²) in [5.41, 5.74) is -0.0709. The van der Waals surface area contributed by atoms with Crippen LogP contribution in [0.3, 0.4) is 0 Å². The molecule has 1 aromatic carbocycles. The van der Waals surface area contributed by atoms with E-state index in [1.807, 2.05) is 0 Å². The van der Waals surface area contributed by atoms with Gasteiger partial charge in [0.15, 0.2) is 0 Å². The zero-order chi connectivity index (χ0) is 19.8. The Bertz CT molecular complexity index is 779. The van der Waals surface area contributed by atoms with Crippen molar-refractivity contribution in [3.8, 4) is 5.75 Å². The van der Waals surface area contributed by atoms with E-state index in [2.05, 4.69) is 5.32 Å². The zero-order valence-electron chi connectivity index (χ0n) is 14.7. The van der Waals surface area contributed by atoms with E-state index in [4.69, 9.17) is 4.74 Å². The molecule has 0 heterocycles. The lowest BCUT2D eigenvalue weighted by atomic mass is 9.53. The van der Waals surface area contributed by atoms with Crippen LogP contribution in [0.2, 0.25) is 0 Å². The fraction of sp³-hybridized carbons (Fsp3) is 0.474. The number of hydrogen-bond donors (Lipinski definition) is 2. The Morgan fingerprint density at radius 2 is 1.89 bits per heavy atom. The third-order valence-electron chi connectivity index (χ3n) is 5.35. The van der Waals surface area contributed by atoms with Gasteiger partial charge in [0.2, 0.25) is 0 Å². The fourth-order valence-electron chi connectivity index (χ4n) is 3.82. The smallest absolute Gasteiger partial charge is 0.454 e. The SMILES string of the molecule is COC(=O)C(Cc1ccc(O)cc1)NC1=C(C(=O)C(F)(F)F)C2(CCC2)C1. The molecule has 0 radical (unpaired) electrons. The number of esters is 1. The minimum absolute atomic E-state index is 0.0630. The highest BCUT2D eigenvalue weighted by atomic mass is 19.4. The predicted molar refractivity (Wildman–Crippen MR) is 89.7 cm³/mol. The first-order chi connectivity index (χ1) is 12.7. The Kier molecular flexibility index (Phi) is 4.92. The van der Waals surface area contributed by atoms with E-state index in [9.17, 15) is 27.9 Å². The number of allylic oxidation sites excluding steroid dienone is 2. The second-order valence-electron chi connectivity index (χ2n) is 7.08. The van der Waals surface area contributed by atoms with E-state index < -0.39 is 29.4 Å². The lowest BCUT2D eigenvalue weighted by molar-refractivity contribution is -0.169. The first-order valence-electron chi connectivity index (χ1n) is 8.64. The number of ketones is 1. The molecule has 2 N–H and O–H groups in total. The lowest BCUT2D eigenvalue weighted by Crippen LogP contribution is -2.52. The van der Waals surface area contributed by atoms with Crippen molar-refractivity contribution >= 4 is 11.8 Å². The van der Waals surface area contributed by atoms with Gasteiger partial charge in [-0.25, -0.2) is 4.79 Å². The third-order valence-corrected chi connectivity index (χ3v) is 5.35. The number of hydrogen-bond acceptors (Lipinski definition) is 5. The van der Waals surface area contributed by atoms with Crippen LogP contribution in [0.5, 0.6) is 5.75 Å². The van der Waals surface area contributed by atoms with Crippen molar-refractivity contribution in [1.29, 1.82) is 0 Å². The maximum Gasteiger partial charge on any atom is 0.454 e. The number of carbonyl (C=O) groups is 2. The number of nitrogens with one attached hydrogen (secondary N) is 1. The zero-order valence-corrected chi connectivity index (χ0v) is 14.7. The fourth-order valence-corrected chi connectivity index (χ4v) is 3.82. The number of phenols is 1. The number of alkyl halides is 3. The van der Waals surface area contributed by atoms with E-state index in [0.29, 0.717) is 24.8 Å². The summed E-state index contributed by atoms with van der Waals surface area (Å²) in [6.07, 6.45) is -2.57. The largest absolute Gasteiger partial charge is 0.508 e. The molecule has 0 saturated heterocycles. The van der Waals surface area contributed by atoms with Crippen LogP contribution in [-0.4, -0.2) is 36.2 Å². The summed E-state index contributed by atoms with van der Waals surface area (Å²) in [7, 11) is 1.19. The van der Waals surface area contributed by atoms with Gasteiger partial charge in [0.05, 0.1) is 7.11 Å². The van der Waals surface area contributed by atoms with Gasteiger partial charge in [0, 0.05) is 23.1 Å². The summed E-state index contributed by atoms with van der Waals surface area (Å²) in [4.78, 5) is 24.0. The van der Waals surface area contributed by atoms with Crippen molar-refractivity contribution in [2.75, 3.05) is 7.11 Å². The summed E-state index contributed by atoms with van der Waals surface area (Å²) in [5.74, 6) is -2.40. The molecule has 1 atom stereocenters. The van der Waals surface area contributed by atoms with Crippen molar-refractivity contribution in [2.45, 2.75) is 44.3 Å². The number of Topliss-reactive ketones (excluding diaryl/α,β-unsaturated/α-hetero) is 1. The number of carbonyl (C=O) groups excluding carboxylic acids is 2. The van der Waals surface area contributed by atoms with Crippen LogP contribution < -0.4 is 5.32 Å². The molecule has 3 rings (SSSR count). The van der Waals surface area contributed by atoms with Gasteiger partial charge < -0.3 is 15.2 Å². The number of aromatic hydroxyl groups is 1. The summed E-state index contributed by atoms with van der Waals surface area (Å²) in [6, 6.07) is 5.19. The molecule has 1 saturated carbocycles. The molecular weight excluding hydrogens is 363 g/mol. The van der Waals surface area contributed by atoms with Gasteiger partial charge in [-0.1, -0.05) is 18.6 Å². The van der Waals surface area contributed by atoms with E-state index >= 15 is 0 Å². The van der Waals surface area contributed by atoms with Crippen molar-refractivity contribution in [2.24, 2.45) is 5.41 Å². The van der Waals surface area contributed by atoms with Crippen molar-refractivity contribution in [1.82, 2.24) is 5.32 Å². The van der Waals surface area contributed by atoms with Crippen LogP contribution in [0.1, 0.15) is 31.2 Å². The molecule has 1 spiro atoms. The first kappa shape index (κ1) is 19.3. The monoisotopic (exact) mass is 383 g/mol. The number of methoxy groups -OCH3 is 1. The van der Waals surface area contributed by atoms with E-state index in [-0.39, 0.29) is 23.4 Å². The molecule has 1 fully saturated rings. The van der Waals surface area contributed by atoms with E-state index in [1.54, 1.807) is 12.1 Å². The van der Waals surface area contributed by atoms with Crippen LogP contribution in [0.15, 0.2) is 35.5 Å². The molecule has 2 aliphatic rings. The van der Waals surface area contributed by atoms with Crippen molar-refractivity contribution in [3.63, 3.8) is 0 Å². The number of rotatable bonds is 6. The molecule has 0 amide bonds. The summed E-state index contributed by atoms with van der Waals surface area (Å²) < 4.78 is 43.8. The van der Waals surface area contributed by atoms with E-state index in [0.717, 1.165) is 6.42 Å². The number of benzene rings is 1. The summed E-state index contributed by atoms with van der Waals surface area (Å²) in [6.45, 7) is 0. The molecule has 8 heteroatoms. The van der Waals surface area contributed by atoms with Crippen LogP contribution in [-0.2, 0) is 20.7 Å². The number of phenolic OH excluding ortho intramolecular Hbond substituents is 1. The van der Waals surface area contributed by atoms with Gasteiger partial charge in [-0.15, -0.1) is 0 Å². The first-order valence-corrected chi connectivity index (χ1v) is 8.64. The Morgan fingerprint density at radius 3 is 2.37 bits per heavy atom. The summed E-state index contributed by atoms with van der Waals surface area (Å²) in [5, 5.41) is 12.2. The van der Waals surface area contributed by atoms with Crippen molar-refractivity contribution in [3.05, 3.63) is 41.1 Å². The highest BCUT2D eigenvalue weighted by Crippen LogP contribution is 2.60. The second kappa shape index (κ2) is 6.90. The Labute approximate surface area is 154 Å². The van der Waals surface area contributed by atoms with Gasteiger partial charge in [-0.2, -0.15) is 13.2 Å². The third kappa shape index (κ3) is 3.65. The number of ether oxygens (including phenoxy) is 1. The minimum atomic E-state index is -4.94. The van der Waals surface area contributed by atoms with Crippen LogP contribution in [0, 0.1) is 5.41 Å². The Balaban J connectivity index is 1.85. The predicted octanol–water partition coefficient (Wildman–Crippen LogP) is 3.03. The van der Waals surface area contributed by atoms with Crippen LogP contribution in [0.25, 0.3) is 0 Å². The normalized spacial score (nSPS) is 19.1. The number of halogens is 3. The summed E-state index contributed by atoms with van der Waals surface area (Å²) >= 11 is 0. The highest BCUT2D eigenvalue weighted by Gasteiger charge is 2.57. The molecule has 1 aromatic rings. The average molecular weight is 383 g/mol. The Hall–Kier alpha value is -2.51. The maximum atomic E-state index is 13.0. The molecule has 0 aliphatic heterocycles. The van der Waals surface area contributed by atoms with Crippen molar-refractivity contribution < 1.29 is 32.6 Å². The standard InChI is InChI=1S/C19H20F3NO4/c1-27-17(26)13(9-11-3-5-12(24)6-4-11)23-14-10-18(7-2-8-18)15(14)16(25)19(20,21)22/h3-6,13,23-24H,2,7-10H2,1H3. The van der Waals surface area contributed by atoms with Gasteiger partial charge in [-0.05, 0) is 37.0 Å². The molecule has 27 heavy (non-hydrogen) atoms. The second-order valence-corrected chi connectivity index (χ2v) is 7.08. The minimum Gasteiger partial charge on any atom is -0.508 e. The molecular formula is C19H20F3NO4. The topological polar surface area (TPSA) is 75.6 Å². The highest BCUT2D eigenvalue weighted by molar-refractivity contribution is 6.03. The molecule has 146 valence electrons. The van der Waals surface area contributed by atoms with Crippen LogP contribution >= 0.6 is 0 Å². The molecule has 0 bridgehead atoms. The molecule has 1 unspecified atom stereocenters. The van der Waals surface area contributed by atoms with Gasteiger partial charge in [0.1, 0.15) is 11.8 Å².